The molecule has 1 aliphatic heterocycles. The van der Waals surface area contributed by atoms with Crippen molar-refractivity contribution in [3.05, 3.63) is 71.4 Å². The van der Waals surface area contributed by atoms with Gasteiger partial charge in [0.25, 0.3) is 5.91 Å². The van der Waals surface area contributed by atoms with Crippen LogP contribution in [0.3, 0.4) is 0 Å². The van der Waals surface area contributed by atoms with Crippen molar-refractivity contribution >= 4 is 11.6 Å². The summed E-state index contributed by atoms with van der Waals surface area (Å²) in [5.74, 6) is 1.48. The minimum atomic E-state index is -0.132. The van der Waals surface area contributed by atoms with Crippen molar-refractivity contribution in [2.24, 2.45) is 0 Å². The van der Waals surface area contributed by atoms with Gasteiger partial charge in [-0.25, -0.2) is 0 Å². The van der Waals surface area contributed by atoms with Crippen LogP contribution >= 0.6 is 0 Å². The number of morpholine rings is 1. The predicted octanol–water partition coefficient (Wildman–Crippen LogP) is 2.72. The van der Waals surface area contributed by atoms with Crippen LogP contribution in [0, 0.1) is 6.92 Å². The molecule has 156 valence electrons. The number of aryl methyl sites for hydroxylation is 1. The maximum atomic E-state index is 12.4. The van der Waals surface area contributed by atoms with E-state index in [4.69, 9.17) is 14.0 Å². The Hall–Kier alpha value is -3.39. The van der Waals surface area contributed by atoms with Gasteiger partial charge in [-0.15, -0.1) is 0 Å². The first-order valence-corrected chi connectivity index (χ1v) is 9.89. The van der Waals surface area contributed by atoms with E-state index < -0.39 is 0 Å². The van der Waals surface area contributed by atoms with Gasteiger partial charge in [-0.1, -0.05) is 17.3 Å². The molecule has 2 heterocycles. The average molecular weight is 408 g/mol. The van der Waals surface area contributed by atoms with Crippen molar-refractivity contribution in [3.63, 3.8) is 0 Å². The number of nitrogens with one attached hydrogen (secondary N) is 1. The number of rotatable bonds is 7. The van der Waals surface area contributed by atoms with Crippen molar-refractivity contribution in [1.82, 2.24) is 15.5 Å². The summed E-state index contributed by atoms with van der Waals surface area (Å²) in [5, 5.41) is 6.73. The van der Waals surface area contributed by atoms with Crippen molar-refractivity contribution in [2.75, 3.05) is 31.2 Å². The Morgan fingerprint density at radius 3 is 2.50 bits per heavy atom. The first-order chi connectivity index (χ1) is 14.7. The molecular weight excluding hydrogens is 384 g/mol. The lowest BCUT2D eigenvalue weighted by Gasteiger charge is -2.28. The summed E-state index contributed by atoms with van der Waals surface area (Å²) in [6, 6.07) is 15.2. The van der Waals surface area contributed by atoms with Gasteiger partial charge in [0, 0.05) is 37.8 Å². The Bertz CT molecular complexity index is 964. The van der Waals surface area contributed by atoms with Crippen LogP contribution in [0.5, 0.6) is 5.75 Å². The van der Waals surface area contributed by atoms with Gasteiger partial charge < -0.3 is 24.2 Å². The molecule has 1 aliphatic rings. The number of amides is 1. The van der Waals surface area contributed by atoms with Crippen LogP contribution < -0.4 is 15.0 Å². The molecule has 4 rings (SSSR count). The molecule has 2 aromatic carbocycles. The fourth-order valence-electron chi connectivity index (χ4n) is 3.18. The molecule has 3 aromatic rings. The summed E-state index contributed by atoms with van der Waals surface area (Å²) in [6.07, 6.45) is 0. The van der Waals surface area contributed by atoms with E-state index in [9.17, 15) is 4.79 Å². The topological polar surface area (TPSA) is 89.7 Å². The summed E-state index contributed by atoms with van der Waals surface area (Å²) in [6.45, 7) is 5.75. The number of nitrogens with zero attached hydrogens (tertiary/aromatic N) is 3. The summed E-state index contributed by atoms with van der Waals surface area (Å²) < 4.78 is 15.9. The fourth-order valence-corrected chi connectivity index (χ4v) is 3.18. The first kappa shape index (κ1) is 19.9. The normalized spacial score (nSPS) is 13.8. The largest absolute Gasteiger partial charge is 0.485 e. The SMILES string of the molecule is Cc1nc(COc2ccc(C(=O)NCc3ccc(N4CCOCC4)cc3)cc2)no1. The van der Waals surface area contributed by atoms with Gasteiger partial charge in [-0.3, -0.25) is 4.79 Å². The molecule has 0 aliphatic carbocycles. The molecule has 1 fully saturated rings. The Morgan fingerprint density at radius 2 is 1.83 bits per heavy atom. The summed E-state index contributed by atoms with van der Waals surface area (Å²) in [5.41, 5.74) is 2.80. The first-order valence-electron chi connectivity index (χ1n) is 9.89. The zero-order valence-corrected chi connectivity index (χ0v) is 16.8. The Balaban J connectivity index is 1.26. The maximum Gasteiger partial charge on any atom is 0.251 e. The van der Waals surface area contributed by atoms with Crippen LogP contribution in [0.25, 0.3) is 0 Å². The average Bonchev–Trinajstić information content (AvgIpc) is 3.22. The smallest absolute Gasteiger partial charge is 0.251 e. The summed E-state index contributed by atoms with van der Waals surface area (Å²) in [7, 11) is 0. The van der Waals surface area contributed by atoms with E-state index in [0.29, 0.717) is 29.6 Å². The molecule has 0 atom stereocenters. The maximum absolute atomic E-state index is 12.4. The monoisotopic (exact) mass is 408 g/mol. The molecule has 1 aromatic heterocycles. The number of anilines is 1. The highest BCUT2D eigenvalue weighted by Gasteiger charge is 2.11. The number of ether oxygens (including phenoxy) is 2. The highest BCUT2D eigenvalue weighted by atomic mass is 16.5. The highest BCUT2D eigenvalue weighted by Crippen LogP contribution is 2.17. The molecule has 0 saturated carbocycles. The highest BCUT2D eigenvalue weighted by molar-refractivity contribution is 5.94. The van der Waals surface area contributed by atoms with Crippen LogP contribution in [0.15, 0.2) is 53.1 Å². The van der Waals surface area contributed by atoms with Crippen molar-refractivity contribution in [3.8, 4) is 5.75 Å². The quantitative estimate of drug-likeness (QED) is 0.643. The number of hydrogen-bond donors (Lipinski definition) is 1. The number of carbonyl (C=O) groups is 1. The number of aromatic nitrogens is 2. The molecular formula is C22H24N4O4. The third-order valence-electron chi connectivity index (χ3n) is 4.82. The minimum absolute atomic E-state index is 0.132. The lowest BCUT2D eigenvalue weighted by atomic mass is 10.1. The van der Waals surface area contributed by atoms with Gasteiger partial charge >= 0.3 is 0 Å². The molecule has 1 N–H and O–H groups in total. The summed E-state index contributed by atoms with van der Waals surface area (Å²) in [4.78, 5) is 18.8. The van der Waals surface area contributed by atoms with E-state index in [1.165, 1.54) is 5.69 Å². The summed E-state index contributed by atoms with van der Waals surface area (Å²) >= 11 is 0. The number of benzene rings is 2. The third-order valence-corrected chi connectivity index (χ3v) is 4.82. The minimum Gasteiger partial charge on any atom is -0.485 e. The van der Waals surface area contributed by atoms with E-state index in [1.807, 2.05) is 12.1 Å². The van der Waals surface area contributed by atoms with Gasteiger partial charge in [-0.05, 0) is 42.0 Å². The van der Waals surface area contributed by atoms with Crippen LogP contribution in [-0.2, 0) is 17.9 Å². The fraction of sp³-hybridized carbons (Fsp3) is 0.318. The van der Waals surface area contributed by atoms with Crippen LogP contribution in [0.2, 0.25) is 0 Å². The lowest BCUT2D eigenvalue weighted by Crippen LogP contribution is -2.36. The van der Waals surface area contributed by atoms with Crippen molar-refractivity contribution < 1.29 is 18.8 Å². The standard InChI is InChI=1S/C22H24N4O4/c1-16-24-21(25-30-16)15-29-20-8-4-18(5-9-20)22(27)23-14-17-2-6-19(7-3-17)26-10-12-28-13-11-26/h2-9H,10-15H2,1H3,(H,23,27). The molecule has 8 nitrogen and oxygen atoms in total. The van der Waals surface area contributed by atoms with E-state index in [2.05, 4.69) is 32.5 Å². The van der Waals surface area contributed by atoms with Gasteiger partial charge in [0.2, 0.25) is 11.7 Å². The van der Waals surface area contributed by atoms with Crippen molar-refractivity contribution in [2.45, 2.75) is 20.1 Å². The molecule has 0 radical (unpaired) electrons. The third kappa shape index (κ3) is 5.15. The molecule has 1 amide bonds. The Morgan fingerprint density at radius 1 is 1.10 bits per heavy atom. The van der Waals surface area contributed by atoms with Gasteiger partial charge in [0.15, 0.2) is 6.61 Å². The Kier molecular flexibility index (Phi) is 6.24. The second-order valence-corrected chi connectivity index (χ2v) is 6.99. The van der Waals surface area contributed by atoms with Gasteiger partial charge in [-0.2, -0.15) is 4.98 Å². The van der Waals surface area contributed by atoms with E-state index in [0.717, 1.165) is 31.9 Å². The molecule has 1 saturated heterocycles. The van der Waals surface area contributed by atoms with E-state index >= 15 is 0 Å². The van der Waals surface area contributed by atoms with Crippen LogP contribution in [0.1, 0.15) is 27.6 Å². The zero-order valence-electron chi connectivity index (χ0n) is 16.8. The van der Waals surface area contributed by atoms with E-state index in [-0.39, 0.29) is 12.5 Å². The second-order valence-electron chi connectivity index (χ2n) is 6.99. The molecule has 0 bridgehead atoms. The number of hydrogen-bond acceptors (Lipinski definition) is 7. The van der Waals surface area contributed by atoms with Crippen LogP contribution in [0.4, 0.5) is 5.69 Å². The zero-order chi connectivity index (χ0) is 20.8. The molecule has 8 heteroatoms. The van der Waals surface area contributed by atoms with Crippen molar-refractivity contribution in [1.29, 1.82) is 0 Å². The number of carbonyl (C=O) groups excluding carboxylic acids is 1. The molecule has 0 spiro atoms. The molecule has 30 heavy (non-hydrogen) atoms. The Labute approximate surface area is 174 Å². The van der Waals surface area contributed by atoms with Crippen LogP contribution in [-0.4, -0.2) is 42.4 Å². The molecule has 0 unspecified atom stereocenters. The van der Waals surface area contributed by atoms with Gasteiger partial charge in [0.05, 0.1) is 13.2 Å². The predicted molar refractivity (Wildman–Crippen MR) is 110 cm³/mol. The second kappa shape index (κ2) is 9.41. The van der Waals surface area contributed by atoms with Gasteiger partial charge in [0.1, 0.15) is 5.75 Å². The van der Waals surface area contributed by atoms with E-state index in [1.54, 1.807) is 31.2 Å². The lowest BCUT2D eigenvalue weighted by molar-refractivity contribution is 0.0951.